The van der Waals surface area contributed by atoms with Crippen LogP contribution in [0.15, 0.2) is 30.3 Å². The molecule has 0 heterocycles. The molecule has 26 heavy (non-hydrogen) atoms. The van der Waals surface area contributed by atoms with Gasteiger partial charge in [0, 0.05) is 44.2 Å². The first-order valence-corrected chi connectivity index (χ1v) is 9.59. The zero-order chi connectivity index (χ0) is 18.7. The zero-order valence-corrected chi connectivity index (χ0v) is 15.9. The summed E-state index contributed by atoms with van der Waals surface area (Å²) in [7, 11) is 1.56. The summed E-state index contributed by atoms with van der Waals surface area (Å²) in [5.41, 5.74) is 1.29. The molecule has 0 radical (unpaired) electrons. The monoisotopic (exact) mass is 359 g/mol. The average Bonchev–Trinajstić information content (AvgIpc) is 3.23. The van der Waals surface area contributed by atoms with Crippen LogP contribution in [0, 0.1) is 11.8 Å². The van der Waals surface area contributed by atoms with Crippen molar-refractivity contribution in [1.82, 2.24) is 5.32 Å². The summed E-state index contributed by atoms with van der Waals surface area (Å²) in [6.07, 6.45) is 3.65. The molecule has 5 heteroatoms. The van der Waals surface area contributed by atoms with Gasteiger partial charge in [0.25, 0.3) is 0 Å². The zero-order valence-electron chi connectivity index (χ0n) is 15.9. The SMILES string of the molecule is CCC(=O)OC(C)(OC)C1CCC(C(=O)NC2CC2c2ccccc2)C1. The van der Waals surface area contributed by atoms with Crippen molar-refractivity contribution < 1.29 is 19.1 Å². The molecule has 5 atom stereocenters. The first-order valence-electron chi connectivity index (χ1n) is 9.59. The van der Waals surface area contributed by atoms with Crippen molar-refractivity contribution in [1.29, 1.82) is 0 Å². The van der Waals surface area contributed by atoms with Crippen LogP contribution >= 0.6 is 0 Å². The highest BCUT2D eigenvalue weighted by molar-refractivity contribution is 5.80. The van der Waals surface area contributed by atoms with E-state index in [1.54, 1.807) is 21.0 Å². The van der Waals surface area contributed by atoms with E-state index in [0.29, 0.717) is 18.8 Å². The first kappa shape index (κ1) is 18.9. The molecule has 0 aliphatic heterocycles. The van der Waals surface area contributed by atoms with Crippen molar-refractivity contribution in [2.24, 2.45) is 11.8 Å². The van der Waals surface area contributed by atoms with Crippen LogP contribution in [0.5, 0.6) is 0 Å². The lowest BCUT2D eigenvalue weighted by molar-refractivity contribution is -0.235. The molecule has 0 saturated heterocycles. The van der Waals surface area contributed by atoms with Crippen molar-refractivity contribution in [3.05, 3.63) is 35.9 Å². The van der Waals surface area contributed by atoms with Crippen LogP contribution in [0.1, 0.15) is 57.4 Å². The van der Waals surface area contributed by atoms with E-state index in [1.807, 2.05) is 18.2 Å². The number of rotatable bonds is 7. The number of hydrogen-bond acceptors (Lipinski definition) is 4. The molecule has 2 aliphatic rings. The molecule has 1 N–H and O–H groups in total. The van der Waals surface area contributed by atoms with E-state index in [2.05, 4.69) is 17.4 Å². The Balaban J connectivity index is 1.52. The number of benzene rings is 1. The van der Waals surface area contributed by atoms with E-state index in [1.165, 1.54) is 5.56 Å². The topological polar surface area (TPSA) is 64.6 Å². The van der Waals surface area contributed by atoms with Crippen LogP contribution in [0.25, 0.3) is 0 Å². The molecule has 0 aromatic heterocycles. The van der Waals surface area contributed by atoms with Gasteiger partial charge in [-0.3, -0.25) is 9.59 Å². The van der Waals surface area contributed by atoms with Gasteiger partial charge in [0.2, 0.25) is 11.7 Å². The Morgan fingerprint density at radius 3 is 2.58 bits per heavy atom. The molecular weight excluding hydrogens is 330 g/mol. The summed E-state index contributed by atoms with van der Waals surface area (Å²) >= 11 is 0. The molecule has 3 rings (SSSR count). The van der Waals surface area contributed by atoms with Gasteiger partial charge in [-0.05, 0) is 31.2 Å². The summed E-state index contributed by atoms with van der Waals surface area (Å²) < 4.78 is 11.0. The van der Waals surface area contributed by atoms with Crippen molar-refractivity contribution in [2.45, 2.75) is 63.7 Å². The highest BCUT2D eigenvalue weighted by atomic mass is 16.7. The second-order valence-corrected chi connectivity index (χ2v) is 7.62. The Morgan fingerprint density at radius 1 is 1.19 bits per heavy atom. The van der Waals surface area contributed by atoms with Crippen molar-refractivity contribution in [3.63, 3.8) is 0 Å². The summed E-state index contributed by atoms with van der Waals surface area (Å²) in [5.74, 6) is -0.655. The minimum atomic E-state index is -0.950. The first-order chi connectivity index (χ1) is 12.5. The maximum atomic E-state index is 12.7. The largest absolute Gasteiger partial charge is 0.433 e. The number of ether oxygens (including phenoxy) is 2. The van der Waals surface area contributed by atoms with Crippen molar-refractivity contribution in [2.75, 3.05) is 7.11 Å². The lowest BCUT2D eigenvalue weighted by atomic mass is 9.96. The van der Waals surface area contributed by atoms with Crippen molar-refractivity contribution in [3.8, 4) is 0 Å². The van der Waals surface area contributed by atoms with Crippen LogP contribution in [-0.4, -0.2) is 30.8 Å². The number of carbonyl (C=O) groups excluding carboxylic acids is 2. The number of carbonyl (C=O) groups is 2. The standard InChI is InChI=1S/C21H29NO4/c1-4-19(23)26-21(2,25-3)16-11-10-15(12-16)20(24)22-18-13-17(18)14-8-6-5-7-9-14/h5-9,15-18H,4,10-13H2,1-3H3,(H,22,24). The molecule has 5 unspecified atom stereocenters. The van der Waals surface area contributed by atoms with Gasteiger partial charge in [0.1, 0.15) is 0 Å². The van der Waals surface area contributed by atoms with Gasteiger partial charge in [-0.2, -0.15) is 0 Å². The Kier molecular flexibility index (Phi) is 5.66. The van der Waals surface area contributed by atoms with Crippen LogP contribution in [0.4, 0.5) is 0 Å². The smallest absolute Gasteiger partial charge is 0.308 e. The Hall–Kier alpha value is -1.88. The van der Waals surface area contributed by atoms with E-state index >= 15 is 0 Å². The summed E-state index contributed by atoms with van der Waals surface area (Å²) in [4.78, 5) is 24.4. The molecule has 1 aromatic carbocycles. The van der Waals surface area contributed by atoms with Crippen LogP contribution in [0.2, 0.25) is 0 Å². The number of esters is 1. The number of amides is 1. The third kappa shape index (κ3) is 4.09. The molecule has 5 nitrogen and oxygen atoms in total. The molecule has 1 aromatic rings. The second kappa shape index (κ2) is 7.78. The maximum Gasteiger partial charge on any atom is 0.308 e. The van der Waals surface area contributed by atoms with E-state index < -0.39 is 5.79 Å². The minimum absolute atomic E-state index is 0.0353. The third-order valence-electron chi connectivity index (χ3n) is 5.90. The Labute approximate surface area is 155 Å². The van der Waals surface area contributed by atoms with E-state index in [4.69, 9.17) is 9.47 Å². The normalized spacial score (nSPS) is 29.7. The van der Waals surface area contributed by atoms with Gasteiger partial charge in [-0.15, -0.1) is 0 Å². The van der Waals surface area contributed by atoms with E-state index in [0.717, 1.165) is 19.3 Å². The molecule has 2 aliphatic carbocycles. The van der Waals surface area contributed by atoms with Crippen LogP contribution in [-0.2, 0) is 19.1 Å². The number of methoxy groups -OCH3 is 1. The summed E-state index contributed by atoms with van der Waals surface area (Å²) in [5, 5.41) is 3.20. The second-order valence-electron chi connectivity index (χ2n) is 7.62. The van der Waals surface area contributed by atoms with Gasteiger partial charge in [-0.25, -0.2) is 0 Å². The third-order valence-corrected chi connectivity index (χ3v) is 5.90. The minimum Gasteiger partial charge on any atom is -0.433 e. The average molecular weight is 359 g/mol. The van der Waals surface area contributed by atoms with E-state index in [-0.39, 0.29) is 29.8 Å². The van der Waals surface area contributed by atoms with Crippen LogP contribution in [0.3, 0.4) is 0 Å². The fourth-order valence-corrected chi connectivity index (χ4v) is 4.01. The highest BCUT2D eigenvalue weighted by Crippen LogP contribution is 2.43. The summed E-state index contributed by atoms with van der Waals surface area (Å²) in [6.45, 7) is 3.57. The van der Waals surface area contributed by atoms with Crippen LogP contribution < -0.4 is 5.32 Å². The molecule has 1 amide bonds. The lowest BCUT2D eigenvalue weighted by Gasteiger charge is -2.33. The molecular formula is C21H29NO4. The Morgan fingerprint density at radius 2 is 1.92 bits per heavy atom. The number of hydrogen-bond donors (Lipinski definition) is 1. The predicted octanol–water partition coefficient (Wildman–Crippen LogP) is 3.39. The van der Waals surface area contributed by atoms with Gasteiger partial charge in [0.15, 0.2) is 0 Å². The quantitative estimate of drug-likeness (QED) is 0.599. The molecule has 142 valence electrons. The maximum absolute atomic E-state index is 12.7. The molecule has 0 bridgehead atoms. The van der Waals surface area contributed by atoms with Gasteiger partial charge in [-0.1, -0.05) is 37.3 Å². The lowest BCUT2D eigenvalue weighted by Crippen LogP contribution is -2.41. The van der Waals surface area contributed by atoms with Gasteiger partial charge >= 0.3 is 5.97 Å². The fourth-order valence-electron chi connectivity index (χ4n) is 4.01. The molecule has 2 fully saturated rings. The number of nitrogens with one attached hydrogen (secondary N) is 1. The van der Waals surface area contributed by atoms with Crippen molar-refractivity contribution >= 4 is 11.9 Å². The predicted molar refractivity (Wildman–Crippen MR) is 98.4 cm³/mol. The van der Waals surface area contributed by atoms with E-state index in [9.17, 15) is 9.59 Å². The molecule has 0 spiro atoms. The molecule has 2 saturated carbocycles. The summed E-state index contributed by atoms with van der Waals surface area (Å²) in [6, 6.07) is 10.6. The highest BCUT2D eigenvalue weighted by Gasteiger charge is 2.46. The van der Waals surface area contributed by atoms with Gasteiger partial charge in [0.05, 0.1) is 0 Å². The van der Waals surface area contributed by atoms with Gasteiger partial charge < -0.3 is 14.8 Å². The fraction of sp³-hybridized carbons (Fsp3) is 0.619. The Bertz CT molecular complexity index is 647.